The maximum atomic E-state index is 12.9. The Kier molecular flexibility index (Phi) is 5.51. The number of ether oxygens (including phenoxy) is 1. The number of rotatable bonds is 4. The third-order valence-corrected chi connectivity index (χ3v) is 5.51. The number of amides is 1. The van der Waals surface area contributed by atoms with Crippen LogP contribution in [0.25, 0.3) is 0 Å². The number of carbonyl (C=O) groups excluding carboxylic acids is 1. The molecule has 0 radical (unpaired) electrons. The summed E-state index contributed by atoms with van der Waals surface area (Å²) in [6.45, 7) is 7.80. The lowest BCUT2D eigenvalue weighted by atomic mass is 9.98. The predicted octanol–water partition coefficient (Wildman–Crippen LogP) is 2.86. The molecule has 6 heteroatoms. The normalized spacial score (nSPS) is 20.7. The van der Waals surface area contributed by atoms with E-state index in [4.69, 9.17) is 10.5 Å². The van der Waals surface area contributed by atoms with Crippen LogP contribution in [0, 0.1) is 13.8 Å². The van der Waals surface area contributed by atoms with Gasteiger partial charge in [0.15, 0.2) is 0 Å². The lowest BCUT2D eigenvalue weighted by molar-refractivity contribution is -0.0490. The number of nitrogens with two attached hydrogens (primary N) is 1. The van der Waals surface area contributed by atoms with Gasteiger partial charge in [0.25, 0.3) is 5.91 Å². The van der Waals surface area contributed by atoms with Crippen LogP contribution in [-0.4, -0.2) is 41.5 Å². The van der Waals surface area contributed by atoms with Gasteiger partial charge in [0.1, 0.15) is 11.8 Å². The molecule has 1 saturated heterocycles. The average Bonchev–Trinajstić information content (AvgIpc) is 3.06. The summed E-state index contributed by atoms with van der Waals surface area (Å²) in [5, 5.41) is 2.75. The lowest BCUT2D eigenvalue weighted by Crippen LogP contribution is -2.48. The van der Waals surface area contributed by atoms with Crippen LogP contribution in [0.4, 0.5) is 0 Å². The van der Waals surface area contributed by atoms with E-state index in [1.165, 1.54) is 22.5 Å². The first kappa shape index (κ1) is 18.0. The number of carbonyl (C=O) groups is 1. The van der Waals surface area contributed by atoms with Crippen molar-refractivity contribution in [3.8, 4) is 0 Å². The Bertz CT molecular complexity index is 759. The zero-order chi connectivity index (χ0) is 18.0. The smallest absolute Gasteiger partial charge is 0.273 e. The zero-order valence-corrected chi connectivity index (χ0v) is 15.8. The summed E-state index contributed by atoms with van der Waals surface area (Å²) in [7, 11) is 0. The van der Waals surface area contributed by atoms with Gasteiger partial charge < -0.3 is 15.4 Å². The molecule has 2 aromatic rings. The molecular formula is C19H25N3O2S. The molecule has 0 saturated carbocycles. The van der Waals surface area contributed by atoms with E-state index in [2.05, 4.69) is 37.0 Å². The second-order valence-electron chi connectivity index (χ2n) is 6.65. The van der Waals surface area contributed by atoms with Gasteiger partial charge in [0.05, 0.1) is 24.2 Å². The van der Waals surface area contributed by atoms with Crippen molar-refractivity contribution in [2.45, 2.75) is 39.3 Å². The summed E-state index contributed by atoms with van der Waals surface area (Å²) in [4.78, 5) is 19.3. The van der Waals surface area contributed by atoms with Crippen LogP contribution in [0.3, 0.4) is 0 Å². The molecule has 1 aliphatic rings. The van der Waals surface area contributed by atoms with Crippen LogP contribution in [0.1, 0.15) is 45.2 Å². The molecule has 0 aliphatic carbocycles. The molecule has 1 fully saturated rings. The number of hydrogen-bond donors (Lipinski definition) is 1. The van der Waals surface area contributed by atoms with E-state index in [1.54, 1.807) is 0 Å². The average molecular weight is 359 g/mol. The first-order chi connectivity index (χ1) is 12.0. The van der Waals surface area contributed by atoms with Crippen LogP contribution >= 0.6 is 11.3 Å². The molecule has 1 aromatic carbocycles. The fraction of sp³-hybridized carbons (Fsp3) is 0.474. The summed E-state index contributed by atoms with van der Waals surface area (Å²) in [5.74, 6) is -0.0226. The van der Waals surface area contributed by atoms with Crippen molar-refractivity contribution in [2.24, 2.45) is 5.73 Å². The predicted molar refractivity (Wildman–Crippen MR) is 100.0 cm³/mol. The number of morpholine rings is 1. The van der Waals surface area contributed by atoms with Gasteiger partial charge in [-0.3, -0.25) is 4.79 Å². The Balaban J connectivity index is 1.80. The Hall–Kier alpha value is -1.76. The molecule has 2 heterocycles. The molecule has 3 rings (SSSR count). The number of aryl methyl sites for hydroxylation is 2. The van der Waals surface area contributed by atoms with Crippen molar-refractivity contribution in [3.05, 3.63) is 51.0 Å². The molecule has 1 amide bonds. The van der Waals surface area contributed by atoms with Gasteiger partial charge in [-0.05, 0) is 38.4 Å². The summed E-state index contributed by atoms with van der Waals surface area (Å²) >= 11 is 1.50. The van der Waals surface area contributed by atoms with Gasteiger partial charge in [-0.2, -0.15) is 0 Å². The van der Waals surface area contributed by atoms with Crippen molar-refractivity contribution in [3.63, 3.8) is 0 Å². The monoisotopic (exact) mass is 359 g/mol. The van der Waals surface area contributed by atoms with Crippen molar-refractivity contribution in [1.82, 2.24) is 9.88 Å². The molecule has 134 valence electrons. The molecule has 2 atom stereocenters. The third-order valence-electron chi connectivity index (χ3n) is 4.60. The van der Waals surface area contributed by atoms with Gasteiger partial charge in [-0.1, -0.05) is 23.8 Å². The first-order valence-corrected chi connectivity index (χ1v) is 9.51. The quantitative estimate of drug-likeness (QED) is 0.911. The maximum Gasteiger partial charge on any atom is 0.273 e. The highest BCUT2D eigenvalue weighted by molar-refractivity contribution is 7.09. The van der Waals surface area contributed by atoms with Gasteiger partial charge in [-0.15, -0.1) is 11.3 Å². The highest BCUT2D eigenvalue weighted by Gasteiger charge is 2.32. The second kappa shape index (κ2) is 7.64. The summed E-state index contributed by atoms with van der Waals surface area (Å²) in [5.41, 5.74) is 9.64. The molecule has 0 bridgehead atoms. The van der Waals surface area contributed by atoms with E-state index < -0.39 is 0 Å². The fourth-order valence-electron chi connectivity index (χ4n) is 3.13. The standard InChI is InChI=1S/C19H25N3O2S/c1-12-4-5-13(2)15(8-12)17-9-22(14(3)10-24-17)19(23)16-11-25-18(21-16)6-7-20/h4-5,8,11,14,17H,6-7,9-10,20H2,1-3H3. The highest BCUT2D eigenvalue weighted by Crippen LogP contribution is 2.29. The van der Waals surface area contributed by atoms with Crippen LogP contribution < -0.4 is 5.73 Å². The molecule has 25 heavy (non-hydrogen) atoms. The lowest BCUT2D eigenvalue weighted by Gasteiger charge is -2.38. The van der Waals surface area contributed by atoms with Gasteiger partial charge in [-0.25, -0.2) is 4.98 Å². The second-order valence-corrected chi connectivity index (χ2v) is 7.60. The molecule has 5 nitrogen and oxygen atoms in total. The zero-order valence-electron chi connectivity index (χ0n) is 15.0. The van der Waals surface area contributed by atoms with Gasteiger partial charge in [0, 0.05) is 11.8 Å². The SMILES string of the molecule is Cc1ccc(C)c(C2CN(C(=O)c3csc(CCN)n3)C(C)CO2)c1. The van der Waals surface area contributed by atoms with E-state index in [1.807, 2.05) is 17.2 Å². The van der Waals surface area contributed by atoms with Crippen LogP contribution in [0.5, 0.6) is 0 Å². The summed E-state index contributed by atoms with van der Waals surface area (Å²) < 4.78 is 6.04. The van der Waals surface area contributed by atoms with Crippen molar-refractivity contribution >= 4 is 17.2 Å². The minimum atomic E-state index is -0.0952. The largest absolute Gasteiger partial charge is 0.370 e. The van der Waals surface area contributed by atoms with Crippen molar-refractivity contribution < 1.29 is 9.53 Å². The Morgan fingerprint density at radius 2 is 2.24 bits per heavy atom. The van der Waals surface area contributed by atoms with Crippen molar-refractivity contribution in [1.29, 1.82) is 0 Å². The Morgan fingerprint density at radius 1 is 1.44 bits per heavy atom. The van der Waals surface area contributed by atoms with Crippen LogP contribution in [0.15, 0.2) is 23.6 Å². The molecular weight excluding hydrogens is 334 g/mol. The fourth-order valence-corrected chi connectivity index (χ4v) is 3.92. The van der Waals surface area contributed by atoms with E-state index in [9.17, 15) is 4.79 Å². The molecule has 2 unspecified atom stereocenters. The topological polar surface area (TPSA) is 68.5 Å². The minimum Gasteiger partial charge on any atom is -0.370 e. The van der Waals surface area contributed by atoms with Gasteiger partial charge in [0.2, 0.25) is 0 Å². The van der Waals surface area contributed by atoms with E-state index in [-0.39, 0.29) is 18.1 Å². The molecule has 2 N–H and O–H groups in total. The number of aromatic nitrogens is 1. The highest BCUT2D eigenvalue weighted by atomic mass is 32.1. The Labute approximate surface area is 152 Å². The molecule has 0 spiro atoms. The summed E-state index contributed by atoms with van der Waals surface area (Å²) in [6.07, 6.45) is 0.615. The Morgan fingerprint density at radius 3 is 3.00 bits per heavy atom. The van der Waals surface area contributed by atoms with E-state index in [0.29, 0.717) is 31.8 Å². The van der Waals surface area contributed by atoms with Crippen LogP contribution in [0.2, 0.25) is 0 Å². The maximum absolute atomic E-state index is 12.9. The van der Waals surface area contributed by atoms with Crippen molar-refractivity contribution in [2.75, 3.05) is 19.7 Å². The van der Waals surface area contributed by atoms with Crippen LogP contribution in [-0.2, 0) is 11.2 Å². The number of hydrogen-bond acceptors (Lipinski definition) is 5. The number of benzene rings is 1. The van der Waals surface area contributed by atoms with E-state index in [0.717, 1.165) is 10.6 Å². The van der Waals surface area contributed by atoms with E-state index >= 15 is 0 Å². The van der Waals surface area contributed by atoms with Gasteiger partial charge >= 0.3 is 0 Å². The molecule has 1 aliphatic heterocycles. The number of nitrogens with zero attached hydrogens (tertiary/aromatic N) is 2. The summed E-state index contributed by atoms with van der Waals surface area (Å²) in [6, 6.07) is 6.40. The number of thiazole rings is 1. The minimum absolute atomic E-state index is 0.0226. The third kappa shape index (κ3) is 3.92. The molecule has 1 aromatic heterocycles. The first-order valence-electron chi connectivity index (χ1n) is 8.63.